The Balaban J connectivity index is 1.47. The van der Waals surface area contributed by atoms with Gasteiger partial charge in [-0.2, -0.15) is 0 Å². The average molecular weight is 421 g/mol. The third-order valence-corrected chi connectivity index (χ3v) is 5.70. The molecule has 0 saturated heterocycles. The summed E-state index contributed by atoms with van der Waals surface area (Å²) in [7, 11) is 0. The molecule has 1 aliphatic carbocycles. The van der Waals surface area contributed by atoms with Crippen molar-refractivity contribution in [2.75, 3.05) is 13.2 Å². The van der Waals surface area contributed by atoms with Crippen LogP contribution in [-0.2, 0) is 0 Å². The van der Waals surface area contributed by atoms with Crippen LogP contribution in [0.3, 0.4) is 0 Å². The third-order valence-electron chi connectivity index (χ3n) is 5.70. The van der Waals surface area contributed by atoms with E-state index in [2.05, 4.69) is 0 Å². The first-order valence-electron chi connectivity index (χ1n) is 10.7. The van der Waals surface area contributed by atoms with Crippen molar-refractivity contribution >= 4 is 5.91 Å². The van der Waals surface area contributed by atoms with Crippen LogP contribution in [0.1, 0.15) is 36.0 Å². The number of carbonyl (C=O) groups excluding carboxylic acids is 1. The highest BCUT2D eigenvalue weighted by atomic mass is 19.1. The highest BCUT2D eigenvalue weighted by Gasteiger charge is 2.30. The van der Waals surface area contributed by atoms with Crippen molar-refractivity contribution in [1.82, 2.24) is 4.90 Å². The summed E-state index contributed by atoms with van der Waals surface area (Å²) in [6.45, 7) is 1.01. The maximum atomic E-state index is 13.8. The predicted molar refractivity (Wildman–Crippen MR) is 117 cm³/mol. The summed E-state index contributed by atoms with van der Waals surface area (Å²) < 4.78 is 32.5. The SMILES string of the molecule is O=C(c1ccccc1-c1cccc(F)c1)N(CCCOc1ccc(F)cc1)C1CCC1. The van der Waals surface area contributed by atoms with Crippen LogP contribution < -0.4 is 4.74 Å². The zero-order valence-electron chi connectivity index (χ0n) is 17.3. The zero-order valence-corrected chi connectivity index (χ0v) is 17.3. The zero-order chi connectivity index (χ0) is 21.6. The van der Waals surface area contributed by atoms with Gasteiger partial charge in [-0.15, -0.1) is 0 Å². The van der Waals surface area contributed by atoms with E-state index in [1.807, 2.05) is 35.2 Å². The summed E-state index contributed by atoms with van der Waals surface area (Å²) in [5.74, 6) is -0.0506. The monoisotopic (exact) mass is 421 g/mol. The smallest absolute Gasteiger partial charge is 0.254 e. The van der Waals surface area contributed by atoms with Crippen LogP contribution in [0, 0.1) is 11.6 Å². The normalized spacial score (nSPS) is 13.5. The van der Waals surface area contributed by atoms with Gasteiger partial charge in [0.1, 0.15) is 17.4 Å². The van der Waals surface area contributed by atoms with Gasteiger partial charge in [0.2, 0.25) is 0 Å². The minimum Gasteiger partial charge on any atom is -0.494 e. The van der Waals surface area contributed by atoms with Crippen LogP contribution in [0.25, 0.3) is 11.1 Å². The van der Waals surface area contributed by atoms with E-state index in [1.54, 1.807) is 18.2 Å². The number of benzene rings is 3. The van der Waals surface area contributed by atoms with Gasteiger partial charge in [0.05, 0.1) is 6.61 Å². The molecule has 0 aromatic heterocycles. The highest BCUT2D eigenvalue weighted by Crippen LogP contribution is 2.30. The molecule has 0 heterocycles. The number of ether oxygens (including phenoxy) is 1. The molecule has 1 fully saturated rings. The summed E-state index contributed by atoms with van der Waals surface area (Å²) >= 11 is 0. The van der Waals surface area contributed by atoms with E-state index in [-0.39, 0.29) is 23.6 Å². The van der Waals surface area contributed by atoms with Crippen LogP contribution >= 0.6 is 0 Å². The van der Waals surface area contributed by atoms with Gasteiger partial charge in [-0.1, -0.05) is 30.3 Å². The van der Waals surface area contributed by atoms with E-state index < -0.39 is 0 Å². The Bertz CT molecular complexity index is 1030. The van der Waals surface area contributed by atoms with Gasteiger partial charge in [-0.25, -0.2) is 8.78 Å². The number of hydrogen-bond acceptors (Lipinski definition) is 2. The Morgan fingerprint density at radius 3 is 2.42 bits per heavy atom. The summed E-state index contributed by atoms with van der Waals surface area (Å²) in [6, 6.07) is 19.8. The molecule has 0 bridgehead atoms. The fourth-order valence-electron chi connectivity index (χ4n) is 3.84. The molecule has 5 heteroatoms. The van der Waals surface area contributed by atoms with Crippen LogP contribution in [0.4, 0.5) is 8.78 Å². The van der Waals surface area contributed by atoms with E-state index in [1.165, 1.54) is 24.3 Å². The summed E-state index contributed by atoms with van der Waals surface area (Å²) in [5, 5.41) is 0. The van der Waals surface area contributed by atoms with Crippen LogP contribution in [-0.4, -0.2) is 30.0 Å². The Morgan fingerprint density at radius 2 is 1.71 bits per heavy atom. The van der Waals surface area contributed by atoms with Crippen LogP contribution in [0.2, 0.25) is 0 Å². The first kappa shape index (κ1) is 21.0. The molecule has 0 unspecified atom stereocenters. The van der Waals surface area contributed by atoms with Crippen LogP contribution in [0.5, 0.6) is 5.75 Å². The Kier molecular flexibility index (Phi) is 6.60. The van der Waals surface area contributed by atoms with Crippen molar-refractivity contribution < 1.29 is 18.3 Å². The predicted octanol–water partition coefficient (Wildman–Crippen LogP) is 6.10. The molecule has 1 amide bonds. The molecular formula is C26H25F2NO2. The molecular weight excluding hydrogens is 396 g/mol. The highest BCUT2D eigenvalue weighted by molar-refractivity contribution is 6.01. The molecule has 1 saturated carbocycles. The van der Waals surface area contributed by atoms with E-state index in [4.69, 9.17) is 4.74 Å². The molecule has 3 aromatic carbocycles. The second-order valence-corrected chi connectivity index (χ2v) is 7.80. The van der Waals surface area contributed by atoms with E-state index in [9.17, 15) is 13.6 Å². The third kappa shape index (κ3) is 5.10. The van der Waals surface area contributed by atoms with E-state index in [0.717, 1.165) is 24.8 Å². The minimum atomic E-state index is -0.325. The number of amides is 1. The van der Waals surface area contributed by atoms with Gasteiger partial charge < -0.3 is 9.64 Å². The lowest BCUT2D eigenvalue weighted by Gasteiger charge is -2.38. The largest absolute Gasteiger partial charge is 0.494 e. The quantitative estimate of drug-likeness (QED) is 0.412. The molecule has 1 aliphatic rings. The Labute approximate surface area is 181 Å². The Hall–Kier alpha value is -3.21. The van der Waals surface area contributed by atoms with Gasteiger partial charge in [0, 0.05) is 18.2 Å². The number of halogens is 2. The van der Waals surface area contributed by atoms with Gasteiger partial charge in [-0.3, -0.25) is 4.79 Å². The van der Waals surface area contributed by atoms with Crippen molar-refractivity contribution in [3.8, 4) is 16.9 Å². The number of nitrogens with zero attached hydrogens (tertiary/aromatic N) is 1. The molecule has 0 N–H and O–H groups in total. The van der Waals surface area contributed by atoms with Crippen molar-refractivity contribution in [2.24, 2.45) is 0 Å². The second kappa shape index (κ2) is 9.73. The lowest BCUT2D eigenvalue weighted by molar-refractivity contribution is 0.0566. The first-order valence-corrected chi connectivity index (χ1v) is 10.7. The maximum Gasteiger partial charge on any atom is 0.254 e. The minimum absolute atomic E-state index is 0.0358. The van der Waals surface area contributed by atoms with Gasteiger partial charge in [0.15, 0.2) is 0 Å². The topological polar surface area (TPSA) is 29.5 Å². The number of hydrogen-bond donors (Lipinski definition) is 0. The van der Waals surface area contributed by atoms with Crippen molar-refractivity contribution in [3.05, 3.63) is 90.0 Å². The first-order chi connectivity index (χ1) is 15.1. The molecule has 3 nitrogen and oxygen atoms in total. The molecule has 0 radical (unpaired) electrons. The summed E-state index contributed by atoms with van der Waals surface area (Å²) in [5.41, 5.74) is 2.01. The molecule has 0 atom stereocenters. The van der Waals surface area contributed by atoms with E-state index in [0.29, 0.717) is 36.4 Å². The number of carbonyl (C=O) groups is 1. The molecule has 31 heavy (non-hydrogen) atoms. The van der Waals surface area contributed by atoms with Crippen molar-refractivity contribution in [2.45, 2.75) is 31.7 Å². The van der Waals surface area contributed by atoms with Gasteiger partial charge >= 0.3 is 0 Å². The van der Waals surface area contributed by atoms with E-state index >= 15 is 0 Å². The van der Waals surface area contributed by atoms with Crippen molar-refractivity contribution in [1.29, 1.82) is 0 Å². The fourth-order valence-corrected chi connectivity index (χ4v) is 3.84. The maximum absolute atomic E-state index is 13.8. The van der Waals surface area contributed by atoms with Crippen molar-refractivity contribution in [3.63, 3.8) is 0 Å². The summed E-state index contributed by atoms with van der Waals surface area (Å²) in [4.78, 5) is 15.4. The summed E-state index contributed by atoms with van der Waals surface area (Å²) in [6.07, 6.45) is 3.77. The molecule has 4 rings (SSSR count). The fraction of sp³-hybridized carbons (Fsp3) is 0.269. The Morgan fingerprint density at radius 1 is 0.935 bits per heavy atom. The van der Waals surface area contributed by atoms with Crippen LogP contribution in [0.15, 0.2) is 72.8 Å². The van der Waals surface area contributed by atoms with Gasteiger partial charge in [0.25, 0.3) is 5.91 Å². The molecule has 160 valence electrons. The molecule has 0 spiro atoms. The lowest BCUT2D eigenvalue weighted by atomic mass is 9.90. The number of rotatable bonds is 8. The average Bonchev–Trinajstić information content (AvgIpc) is 2.75. The molecule has 3 aromatic rings. The second-order valence-electron chi connectivity index (χ2n) is 7.80. The lowest BCUT2D eigenvalue weighted by Crippen LogP contribution is -2.45. The molecule has 0 aliphatic heterocycles. The standard InChI is InChI=1S/C26H25F2NO2/c27-20-12-14-23(15-13-20)31-17-5-16-29(22-8-4-9-22)26(30)25-11-2-1-10-24(25)19-6-3-7-21(28)18-19/h1-3,6-7,10-15,18,22H,4-5,8-9,16-17H2. The van der Waals surface area contributed by atoms with Gasteiger partial charge in [-0.05, 0) is 79.3 Å².